The second-order valence-electron chi connectivity index (χ2n) is 7.00. The van der Waals surface area contributed by atoms with Crippen LogP contribution in [0.5, 0.6) is 0 Å². The van der Waals surface area contributed by atoms with Gasteiger partial charge in [0, 0.05) is 23.2 Å². The average molecular weight is 359 g/mol. The van der Waals surface area contributed by atoms with E-state index in [-0.39, 0.29) is 11.5 Å². The van der Waals surface area contributed by atoms with Crippen molar-refractivity contribution in [1.29, 1.82) is 0 Å². The molecule has 0 fully saturated rings. The first kappa shape index (κ1) is 17.2. The summed E-state index contributed by atoms with van der Waals surface area (Å²) in [5.41, 5.74) is 4.91. The summed E-state index contributed by atoms with van der Waals surface area (Å²) in [7, 11) is 0. The molecule has 1 amide bonds. The lowest BCUT2D eigenvalue weighted by atomic mass is 10.0. The third kappa shape index (κ3) is 3.28. The second-order valence-corrected chi connectivity index (χ2v) is 7.00. The van der Waals surface area contributed by atoms with Crippen LogP contribution in [0.15, 0.2) is 53.3 Å². The number of aromatic amines is 1. The van der Waals surface area contributed by atoms with Gasteiger partial charge in [0.1, 0.15) is 5.82 Å². The lowest BCUT2D eigenvalue weighted by Gasteiger charge is -2.28. The van der Waals surface area contributed by atoms with Gasteiger partial charge in [-0.3, -0.25) is 9.59 Å². The highest BCUT2D eigenvalue weighted by atomic mass is 16.2. The molecule has 0 unspecified atom stereocenters. The predicted octanol–water partition coefficient (Wildman–Crippen LogP) is 3.25. The number of amides is 1. The predicted molar refractivity (Wildman–Crippen MR) is 105 cm³/mol. The Morgan fingerprint density at radius 3 is 2.63 bits per heavy atom. The topological polar surface area (TPSA) is 66.1 Å². The van der Waals surface area contributed by atoms with Crippen molar-refractivity contribution in [2.24, 2.45) is 0 Å². The molecule has 3 aromatic rings. The van der Waals surface area contributed by atoms with Gasteiger partial charge in [0.15, 0.2) is 0 Å². The van der Waals surface area contributed by atoms with Crippen LogP contribution < -0.4 is 5.56 Å². The highest BCUT2D eigenvalue weighted by Gasteiger charge is 2.26. The number of rotatable bonds is 2. The van der Waals surface area contributed by atoms with Crippen molar-refractivity contribution in [3.8, 4) is 11.4 Å². The van der Waals surface area contributed by atoms with Crippen molar-refractivity contribution in [2.45, 2.75) is 26.8 Å². The molecule has 136 valence electrons. The van der Waals surface area contributed by atoms with E-state index in [0.29, 0.717) is 42.2 Å². The summed E-state index contributed by atoms with van der Waals surface area (Å²) < 4.78 is 0. The zero-order valence-corrected chi connectivity index (χ0v) is 15.5. The number of nitrogens with zero attached hydrogens (tertiary/aromatic N) is 2. The van der Waals surface area contributed by atoms with Crippen molar-refractivity contribution >= 4 is 5.91 Å². The molecular formula is C22H21N3O2. The maximum atomic E-state index is 13.0. The van der Waals surface area contributed by atoms with Crippen LogP contribution in [0.25, 0.3) is 11.4 Å². The van der Waals surface area contributed by atoms with E-state index < -0.39 is 0 Å². The maximum Gasteiger partial charge on any atom is 0.254 e. The summed E-state index contributed by atoms with van der Waals surface area (Å²) in [4.78, 5) is 34.8. The van der Waals surface area contributed by atoms with Crippen LogP contribution in [0.2, 0.25) is 0 Å². The van der Waals surface area contributed by atoms with Gasteiger partial charge in [-0.25, -0.2) is 4.98 Å². The van der Waals surface area contributed by atoms with E-state index in [1.54, 1.807) is 4.90 Å². The largest absolute Gasteiger partial charge is 0.332 e. The number of carbonyl (C=O) groups excluding carboxylic acids is 1. The zero-order valence-electron chi connectivity index (χ0n) is 15.5. The molecule has 0 saturated heterocycles. The van der Waals surface area contributed by atoms with Gasteiger partial charge < -0.3 is 9.88 Å². The van der Waals surface area contributed by atoms with Crippen LogP contribution in [-0.2, 0) is 13.0 Å². The van der Waals surface area contributed by atoms with Crippen molar-refractivity contribution < 1.29 is 4.79 Å². The zero-order chi connectivity index (χ0) is 19.0. The molecular weight excluding hydrogens is 338 g/mol. The summed E-state index contributed by atoms with van der Waals surface area (Å²) in [5.74, 6) is 0.529. The molecule has 4 rings (SSSR count). The van der Waals surface area contributed by atoms with Crippen LogP contribution in [-0.4, -0.2) is 27.3 Å². The van der Waals surface area contributed by atoms with Crippen LogP contribution in [0.4, 0.5) is 0 Å². The molecule has 0 spiro atoms. The van der Waals surface area contributed by atoms with E-state index in [1.165, 1.54) is 0 Å². The summed E-state index contributed by atoms with van der Waals surface area (Å²) >= 11 is 0. The Kier molecular flexibility index (Phi) is 4.36. The van der Waals surface area contributed by atoms with Gasteiger partial charge in [0.25, 0.3) is 11.5 Å². The number of nitrogens with one attached hydrogen (secondary N) is 1. The Balaban J connectivity index is 1.67. The molecule has 2 aromatic carbocycles. The van der Waals surface area contributed by atoms with Gasteiger partial charge in [-0.2, -0.15) is 0 Å². The number of benzene rings is 2. The molecule has 5 nitrogen and oxygen atoms in total. The lowest BCUT2D eigenvalue weighted by Crippen LogP contribution is -2.39. The third-order valence-electron chi connectivity index (χ3n) is 5.02. The fraction of sp³-hybridized carbons (Fsp3) is 0.227. The van der Waals surface area contributed by atoms with Crippen LogP contribution in [0.3, 0.4) is 0 Å². The highest BCUT2D eigenvalue weighted by Crippen LogP contribution is 2.21. The Morgan fingerprint density at radius 1 is 1.11 bits per heavy atom. The van der Waals surface area contributed by atoms with E-state index in [4.69, 9.17) is 0 Å². The van der Waals surface area contributed by atoms with E-state index in [2.05, 4.69) is 9.97 Å². The van der Waals surface area contributed by atoms with Crippen molar-refractivity contribution in [1.82, 2.24) is 14.9 Å². The Hall–Kier alpha value is -3.21. The number of H-pyrrole nitrogens is 1. The minimum atomic E-state index is -0.113. The van der Waals surface area contributed by atoms with Crippen molar-refractivity contribution in [3.05, 3.63) is 86.8 Å². The van der Waals surface area contributed by atoms with E-state index in [9.17, 15) is 9.59 Å². The summed E-state index contributed by atoms with van der Waals surface area (Å²) in [5, 5.41) is 0. The molecule has 0 radical (unpaired) electrons. The smallest absolute Gasteiger partial charge is 0.254 e. The van der Waals surface area contributed by atoms with Gasteiger partial charge in [-0.05, 0) is 31.9 Å². The summed E-state index contributed by atoms with van der Waals surface area (Å²) in [6.45, 7) is 4.84. The van der Waals surface area contributed by atoms with Crippen molar-refractivity contribution in [3.63, 3.8) is 0 Å². The first-order chi connectivity index (χ1) is 13.0. The SMILES string of the molecule is Cc1ccc(C(=O)N2CCc3c(nc(-c4ccccc4)[nH]c3=O)C2)c(C)c1. The Labute approximate surface area is 157 Å². The number of aromatic nitrogens is 2. The second kappa shape index (κ2) is 6.83. The number of fused-ring (bicyclic) bond motifs is 1. The standard InChI is InChI=1S/C22H21N3O2/c1-14-8-9-17(15(2)12-14)22(27)25-11-10-18-19(13-25)23-20(24-21(18)26)16-6-4-3-5-7-16/h3-9,12H,10-11,13H2,1-2H3,(H,23,24,26). The van der Waals surface area contributed by atoms with E-state index in [0.717, 1.165) is 16.7 Å². The van der Waals surface area contributed by atoms with Crippen LogP contribution in [0, 0.1) is 13.8 Å². The first-order valence-corrected chi connectivity index (χ1v) is 9.07. The molecule has 0 aliphatic carbocycles. The molecule has 5 heteroatoms. The third-order valence-corrected chi connectivity index (χ3v) is 5.02. The molecule has 1 aliphatic rings. The Bertz CT molecular complexity index is 1070. The molecule has 2 heterocycles. The molecule has 27 heavy (non-hydrogen) atoms. The number of hydrogen-bond acceptors (Lipinski definition) is 3. The van der Waals surface area contributed by atoms with Gasteiger partial charge >= 0.3 is 0 Å². The molecule has 1 N–H and O–H groups in total. The monoisotopic (exact) mass is 359 g/mol. The fourth-order valence-corrected chi connectivity index (χ4v) is 3.57. The molecule has 1 aliphatic heterocycles. The minimum Gasteiger partial charge on any atom is -0.332 e. The quantitative estimate of drug-likeness (QED) is 0.764. The molecule has 0 saturated carbocycles. The number of carbonyl (C=O) groups is 1. The molecule has 1 aromatic heterocycles. The first-order valence-electron chi connectivity index (χ1n) is 9.07. The molecule has 0 atom stereocenters. The minimum absolute atomic E-state index is 0.0125. The van der Waals surface area contributed by atoms with Gasteiger partial charge in [0.2, 0.25) is 0 Å². The lowest BCUT2D eigenvalue weighted by molar-refractivity contribution is 0.0730. The Morgan fingerprint density at radius 2 is 1.89 bits per heavy atom. The van der Waals surface area contributed by atoms with E-state index in [1.807, 2.05) is 62.4 Å². The summed E-state index contributed by atoms with van der Waals surface area (Å²) in [6.07, 6.45) is 0.517. The highest BCUT2D eigenvalue weighted by molar-refractivity contribution is 5.95. The van der Waals surface area contributed by atoms with Gasteiger partial charge in [-0.15, -0.1) is 0 Å². The van der Waals surface area contributed by atoms with Crippen LogP contribution in [0.1, 0.15) is 32.7 Å². The van der Waals surface area contributed by atoms with Crippen molar-refractivity contribution in [2.75, 3.05) is 6.54 Å². The van der Waals surface area contributed by atoms with Gasteiger partial charge in [0.05, 0.1) is 12.2 Å². The number of aryl methyl sites for hydroxylation is 2. The fourth-order valence-electron chi connectivity index (χ4n) is 3.57. The van der Waals surface area contributed by atoms with Gasteiger partial charge in [-0.1, -0.05) is 48.0 Å². The van der Waals surface area contributed by atoms with Crippen LogP contribution >= 0.6 is 0 Å². The average Bonchev–Trinajstić information content (AvgIpc) is 2.67. The van der Waals surface area contributed by atoms with E-state index >= 15 is 0 Å². The maximum absolute atomic E-state index is 13.0. The number of hydrogen-bond donors (Lipinski definition) is 1. The summed E-state index contributed by atoms with van der Waals surface area (Å²) in [6, 6.07) is 15.4. The normalized spacial score (nSPS) is 13.3. The molecule has 0 bridgehead atoms.